The zero-order chi connectivity index (χ0) is 12.3. The summed E-state index contributed by atoms with van der Waals surface area (Å²) < 4.78 is 8.52. The quantitative estimate of drug-likeness (QED) is 0.848. The Labute approximate surface area is 115 Å². The lowest BCUT2D eigenvalue weighted by Crippen LogP contribution is -2.21. The smallest absolute Gasteiger partial charge is 0.125 e. The average molecular weight is 345 g/mol. The van der Waals surface area contributed by atoms with Gasteiger partial charge in [-0.05, 0) is 28.7 Å². The molecule has 4 nitrogen and oxygen atoms in total. The standard InChI is InChI=1S/C12H16IN3O/c1-9(2)14-4-10-3-12(17-8-10)7-16-6-11(13)5-15-16/h3,5-6,8-9,14H,4,7H2,1-2H3. The first kappa shape index (κ1) is 12.6. The van der Waals surface area contributed by atoms with Gasteiger partial charge in [0.25, 0.3) is 0 Å². The van der Waals surface area contributed by atoms with Crippen molar-refractivity contribution < 1.29 is 4.42 Å². The summed E-state index contributed by atoms with van der Waals surface area (Å²) in [6.07, 6.45) is 5.64. The zero-order valence-electron chi connectivity index (χ0n) is 9.98. The molecule has 0 radical (unpaired) electrons. The fraction of sp³-hybridized carbons (Fsp3) is 0.417. The fourth-order valence-electron chi connectivity index (χ4n) is 1.51. The molecule has 0 unspecified atom stereocenters. The van der Waals surface area contributed by atoms with Gasteiger partial charge >= 0.3 is 0 Å². The van der Waals surface area contributed by atoms with E-state index < -0.39 is 0 Å². The van der Waals surface area contributed by atoms with E-state index in [9.17, 15) is 0 Å². The highest BCUT2D eigenvalue weighted by atomic mass is 127. The van der Waals surface area contributed by atoms with Crippen LogP contribution in [0.3, 0.4) is 0 Å². The van der Waals surface area contributed by atoms with Gasteiger partial charge in [-0.25, -0.2) is 0 Å². The van der Waals surface area contributed by atoms with Crippen LogP contribution in [0.1, 0.15) is 25.2 Å². The van der Waals surface area contributed by atoms with E-state index in [1.54, 1.807) is 6.26 Å². The zero-order valence-corrected chi connectivity index (χ0v) is 12.1. The van der Waals surface area contributed by atoms with Crippen LogP contribution in [0.2, 0.25) is 0 Å². The van der Waals surface area contributed by atoms with E-state index in [0.717, 1.165) is 15.9 Å². The monoisotopic (exact) mass is 345 g/mol. The molecule has 2 aromatic rings. The highest BCUT2D eigenvalue weighted by Crippen LogP contribution is 2.10. The van der Waals surface area contributed by atoms with Crippen LogP contribution >= 0.6 is 22.6 Å². The number of furan rings is 1. The van der Waals surface area contributed by atoms with Crippen molar-refractivity contribution >= 4 is 22.6 Å². The summed E-state index contributed by atoms with van der Waals surface area (Å²) >= 11 is 2.25. The van der Waals surface area contributed by atoms with Crippen molar-refractivity contribution in [2.45, 2.75) is 33.0 Å². The first-order valence-corrected chi connectivity index (χ1v) is 6.69. The molecule has 0 aromatic carbocycles. The second kappa shape index (κ2) is 5.68. The summed E-state index contributed by atoms with van der Waals surface area (Å²) in [5.41, 5.74) is 1.18. The van der Waals surface area contributed by atoms with Gasteiger partial charge in [0.05, 0.1) is 22.6 Å². The van der Waals surface area contributed by atoms with Gasteiger partial charge in [-0.15, -0.1) is 0 Å². The Hall–Kier alpha value is -0.820. The average Bonchev–Trinajstić information content (AvgIpc) is 2.86. The maximum absolute atomic E-state index is 5.51. The maximum Gasteiger partial charge on any atom is 0.125 e. The number of rotatable bonds is 5. The summed E-state index contributed by atoms with van der Waals surface area (Å²) in [6.45, 7) is 5.79. The Morgan fingerprint density at radius 1 is 1.53 bits per heavy atom. The molecule has 0 atom stereocenters. The molecular weight excluding hydrogens is 329 g/mol. The Kier molecular flexibility index (Phi) is 4.22. The molecule has 1 N–H and O–H groups in total. The van der Waals surface area contributed by atoms with Gasteiger partial charge in [0.15, 0.2) is 0 Å². The Bertz CT molecular complexity index is 476. The largest absolute Gasteiger partial charge is 0.467 e. The van der Waals surface area contributed by atoms with Gasteiger partial charge < -0.3 is 9.73 Å². The second-order valence-corrected chi connectivity index (χ2v) is 5.56. The van der Waals surface area contributed by atoms with Crippen LogP contribution in [-0.2, 0) is 13.1 Å². The minimum absolute atomic E-state index is 0.487. The molecule has 0 bridgehead atoms. The first-order chi connectivity index (χ1) is 8.13. The number of hydrogen-bond acceptors (Lipinski definition) is 3. The third kappa shape index (κ3) is 3.85. The summed E-state index contributed by atoms with van der Waals surface area (Å²) in [5, 5.41) is 7.59. The Morgan fingerprint density at radius 3 is 3.00 bits per heavy atom. The Morgan fingerprint density at radius 2 is 2.35 bits per heavy atom. The molecule has 0 saturated heterocycles. The van der Waals surface area contributed by atoms with Crippen molar-refractivity contribution in [3.63, 3.8) is 0 Å². The SMILES string of the molecule is CC(C)NCc1coc(Cn2cc(I)cn2)c1. The molecular formula is C12H16IN3O. The van der Waals surface area contributed by atoms with Crippen molar-refractivity contribution in [3.05, 3.63) is 39.6 Å². The van der Waals surface area contributed by atoms with E-state index in [2.05, 4.69) is 52.9 Å². The maximum atomic E-state index is 5.51. The molecule has 2 heterocycles. The third-order valence-electron chi connectivity index (χ3n) is 2.34. The van der Waals surface area contributed by atoms with Crippen LogP contribution < -0.4 is 5.32 Å². The lowest BCUT2D eigenvalue weighted by Gasteiger charge is -2.04. The van der Waals surface area contributed by atoms with E-state index in [0.29, 0.717) is 12.6 Å². The number of nitrogens with one attached hydrogen (secondary N) is 1. The van der Waals surface area contributed by atoms with Crippen LogP contribution in [0.15, 0.2) is 29.1 Å². The van der Waals surface area contributed by atoms with Crippen LogP contribution in [-0.4, -0.2) is 15.8 Å². The number of nitrogens with zero attached hydrogens (tertiary/aromatic N) is 2. The predicted molar refractivity (Wildman–Crippen MR) is 74.7 cm³/mol. The predicted octanol–water partition coefficient (Wildman–Crippen LogP) is 2.63. The van der Waals surface area contributed by atoms with Crippen LogP contribution in [0.5, 0.6) is 0 Å². The number of aromatic nitrogens is 2. The highest BCUT2D eigenvalue weighted by Gasteiger charge is 2.04. The molecule has 0 fully saturated rings. The van der Waals surface area contributed by atoms with Gasteiger partial charge in [-0.1, -0.05) is 13.8 Å². The van der Waals surface area contributed by atoms with Crippen molar-refractivity contribution in [1.82, 2.24) is 15.1 Å². The highest BCUT2D eigenvalue weighted by molar-refractivity contribution is 14.1. The number of halogens is 1. The lowest BCUT2D eigenvalue weighted by atomic mass is 10.3. The van der Waals surface area contributed by atoms with Crippen molar-refractivity contribution in [3.8, 4) is 0 Å². The van der Waals surface area contributed by atoms with Gasteiger partial charge in [0.2, 0.25) is 0 Å². The summed E-state index contributed by atoms with van der Waals surface area (Å²) in [6, 6.07) is 2.56. The minimum atomic E-state index is 0.487. The van der Waals surface area contributed by atoms with E-state index in [4.69, 9.17) is 4.42 Å². The van der Waals surface area contributed by atoms with Crippen LogP contribution in [0, 0.1) is 3.57 Å². The van der Waals surface area contributed by atoms with Crippen LogP contribution in [0.25, 0.3) is 0 Å². The van der Waals surface area contributed by atoms with Crippen molar-refractivity contribution in [2.24, 2.45) is 0 Å². The third-order valence-corrected chi connectivity index (χ3v) is 2.90. The van der Waals surface area contributed by atoms with Crippen molar-refractivity contribution in [1.29, 1.82) is 0 Å². The molecule has 2 rings (SSSR count). The lowest BCUT2D eigenvalue weighted by molar-refractivity contribution is 0.477. The van der Waals surface area contributed by atoms with Crippen LogP contribution in [0.4, 0.5) is 0 Å². The van der Waals surface area contributed by atoms with Gasteiger partial charge in [-0.2, -0.15) is 5.10 Å². The molecule has 92 valence electrons. The molecule has 17 heavy (non-hydrogen) atoms. The molecule has 0 aliphatic rings. The summed E-state index contributed by atoms with van der Waals surface area (Å²) in [5.74, 6) is 0.935. The molecule has 0 aliphatic heterocycles. The van der Waals surface area contributed by atoms with E-state index >= 15 is 0 Å². The van der Waals surface area contributed by atoms with E-state index in [1.165, 1.54) is 5.56 Å². The van der Waals surface area contributed by atoms with E-state index in [-0.39, 0.29) is 0 Å². The second-order valence-electron chi connectivity index (χ2n) is 4.31. The molecule has 0 aliphatic carbocycles. The summed E-state index contributed by atoms with van der Waals surface area (Å²) in [7, 11) is 0. The molecule has 2 aromatic heterocycles. The van der Waals surface area contributed by atoms with Gasteiger partial charge in [-0.3, -0.25) is 4.68 Å². The number of hydrogen-bond donors (Lipinski definition) is 1. The Balaban J connectivity index is 1.94. The van der Waals surface area contributed by atoms with E-state index in [1.807, 2.05) is 17.1 Å². The van der Waals surface area contributed by atoms with Gasteiger partial charge in [0, 0.05) is 24.3 Å². The topological polar surface area (TPSA) is 43.0 Å². The van der Waals surface area contributed by atoms with Gasteiger partial charge in [0.1, 0.15) is 5.76 Å². The molecule has 5 heteroatoms. The van der Waals surface area contributed by atoms with Crippen molar-refractivity contribution in [2.75, 3.05) is 0 Å². The normalized spacial score (nSPS) is 11.3. The fourth-order valence-corrected chi connectivity index (χ4v) is 1.95. The molecule has 0 saturated carbocycles. The molecule has 0 spiro atoms. The first-order valence-electron chi connectivity index (χ1n) is 5.61. The summed E-state index contributed by atoms with van der Waals surface area (Å²) in [4.78, 5) is 0. The molecule has 0 amide bonds. The minimum Gasteiger partial charge on any atom is -0.467 e.